The van der Waals surface area contributed by atoms with E-state index in [-0.39, 0.29) is 4.90 Å². The molecule has 0 aliphatic heterocycles. The molecule has 7 heteroatoms. The molecule has 0 radical (unpaired) electrons. The van der Waals surface area contributed by atoms with Gasteiger partial charge in [-0.15, -0.1) is 0 Å². The molecule has 0 atom stereocenters. The second kappa shape index (κ2) is 5.92. The van der Waals surface area contributed by atoms with Gasteiger partial charge in [-0.3, -0.25) is 0 Å². The Bertz CT molecular complexity index is 740. The second-order valence-electron chi connectivity index (χ2n) is 5.77. The molecule has 21 heavy (non-hydrogen) atoms. The summed E-state index contributed by atoms with van der Waals surface area (Å²) < 4.78 is 40.9. The van der Waals surface area contributed by atoms with Crippen molar-refractivity contribution >= 4 is 37.7 Å². The van der Waals surface area contributed by atoms with Crippen LogP contribution in [0.1, 0.15) is 0 Å². The minimum atomic E-state index is -3.73. The van der Waals surface area contributed by atoms with Crippen molar-refractivity contribution in [3.05, 3.63) is 48.5 Å². The van der Waals surface area contributed by atoms with Gasteiger partial charge >= 0.3 is 128 Å². The Hall–Kier alpha value is -1.15. The van der Waals surface area contributed by atoms with Crippen molar-refractivity contribution in [1.29, 1.82) is 0 Å². The van der Waals surface area contributed by atoms with Gasteiger partial charge < -0.3 is 0 Å². The van der Waals surface area contributed by atoms with Gasteiger partial charge in [0.05, 0.1) is 0 Å². The van der Waals surface area contributed by atoms with Gasteiger partial charge in [-0.1, -0.05) is 0 Å². The van der Waals surface area contributed by atoms with E-state index >= 15 is 0 Å². The Morgan fingerprint density at radius 3 is 2.29 bits per heavy atom. The van der Waals surface area contributed by atoms with Gasteiger partial charge in [-0.05, 0) is 0 Å². The van der Waals surface area contributed by atoms with Gasteiger partial charge in [-0.25, -0.2) is 0 Å². The number of aromatic nitrogens is 1. The Balaban J connectivity index is 2.31. The fraction of sp³-hybridized carbons (Fsp3) is 0.214. The van der Waals surface area contributed by atoms with Crippen molar-refractivity contribution in [2.45, 2.75) is 19.7 Å². The molecule has 0 saturated heterocycles. The first-order valence-electron chi connectivity index (χ1n) is 6.42. The number of halogens is 1. The Kier molecular flexibility index (Phi) is 4.57. The number of benzene rings is 1. The first kappa shape index (κ1) is 16.2. The third kappa shape index (κ3) is 4.16. The first-order valence-corrected chi connectivity index (χ1v) is 17.9. The van der Waals surface area contributed by atoms with Crippen LogP contribution in [-0.2, 0) is 10.0 Å². The van der Waals surface area contributed by atoms with E-state index in [1.807, 2.05) is 6.07 Å². The van der Waals surface area contributed by atoms with Gasteiger partial charge in [0.1, 0.15) is 0 Å². The summed E-state index contributed by atoms with van der Waals surface area (Å²) >= 11 is -2.31. The van der Waals surface area contributed by atoms with Crippen LogP contribution in [0.25, 0.3) is 0 Å². The van der Waals surface area contributed by atoms with E-state index in [1.54, 1.807) is 6.20 Å². The fourth-order valence-electron chi connectivity index (χ4n) is 1.73. The molecule has 1 aromatic carbocycles. The number of rotatable bonds is 4. The van der Waals surface area contributed by atoms with Gasteiger partial charge in [0.15, 0.2) is 0 Å². The number of anilines is 1. The van der Waals surface area contributed by atoms with E-state index in [0.717, 1.165) is 15.7 Å². The molecule has 0 aliphatic carbocycles. The molecule has 0 aliphatic rings. The topological polar surface area (TPSA) is 59.1 Å². The number of nitrogens with one attached hydrogen (secondary N) is 1. The summed E-state index contributed by atoms with van der Waals surface area (Å²) in [7, 11) is -3.73. The quantitative estimate of drug-likeness (QED) is 0.782. The van der Waals surface area contributed by atoms with Gasteiger partial charge in [-0.2, -0.15) is 0 Å². The van der Waals surface area contributed by atoms with E-state index in [4.69, 9.17) is 0 Å². The van der Waals surface area contributed by atoms with Crippen molar-refractivity contribution in [3.8, 4) is 0 Å². The van der Waals surface area contributed by atoms with E-state index in [2.05, 4.69) is 24.5 Å². The van der Waals surface area contributed by atoms with Gasteiger partial charge in [0.25, 0.3) is 0 Å². The van der Waals surface area contributed by atoms with Crippen molar-refractivity contribution in [3.63, 3.8) is 0 Å². The zero-order chi connectivity index (χ0) is 15.7. The summed E-state index contributed by atoms with van der Waals surface area (Å²) in [6.45, 7) is 0. The molecule has 2 aromatic rings. The van der Waals surface area contributed by atoms with E-state index in [1.165, 1.54) is 18.3 Å². The van der Waals surface area contributed by atoms with Crippen molar-refractivity contribution in [2.24, 2.45) is 0 Å². The summed E-state index contributed by atoms with van der Waals surface area (Å²) in [5.74, 6) is -0.473. The average molecular weight is 415 g/mol. The maximum absolute atomic E-state index is 12.9. The normalized spacial score (nSPS) is 12.2. The second-order valence-corrected chi connectivity index (χ2v) is 21.9. The van der Waals surface area contributed by atoms with E-state index in [9.17, 15) is 12.8 Å². The zero-order valence-corrected chi connectivity index (χ0v) is 15.8. The molecule has 0 saturated carbocycles. The molecule has 0 spiro atoms. The molecule has 112 valence electrons. The predicted octanol–water partition coefficient (Wildman–Crippen LogP) is 2.57. The van der Waals surface area contributed by atoms with Crippen LogP contribution in [0.4, 0.5) is 10.1 Å². The summed E-state index contributed by atoms with van der Waals surface area (Å²) in [4.78, 5) is 10.8. The van der Waals surface area contributed by atoms with Crippen molar-refractivity contribution in [1.82, 2.24) is 4.98 Å². The van der Waals surface area contributed by atoms with E-state index in [0.29, 0.717) is 5.69 Å². The molecule has 0 fully saturated rings. The van der Waals surface area contributed by atoms with Crippen molar-refractivity contribution in [2.75, 3.05) is 4.72 Å². The standard InChI is InChI=1S/C11H8FN2O2S.3CH3.Sn/c12-9-3-5-11(6-4-9)17(15,16)14-10-2-1-7-13-8-10;;;;/h2-8,14H;3*1H3;. The molecule has 0 unspecified atom stereocenters. The predicted molar refractivity (Wildman–Crippen MR) is 84.4 cm³/mol. The summed E-state index contributed by atoms with van der Waals surface area (Å²) in [6, 6.07) is 6.55. The zero-order valence-electron chi connectivity index (χ0n) is 12.1. The number of pyridine rings is 1. The number of hydrogen-bond donors (Lipinski definition) is 1. The SMILES string of the molecule is [CH3][Sn]([CH3])([CH3])[c]1cncc(NS(=O)(=O)c2ccc(F)cc2)c1. The van der Waals surface area contributed by atoms with Crippen LogP contribution in [0.2, 0.25) is 14.8 Å². The Morgan fingerprint density at radius 2 is 1.71 bits per heavy atom. The van der Waals surface area contributed by atoms with Gasteiger partial charge in [0.2, 0.25) is 0 Å². The molecular weight excluding hydrogens is 398 g/mol. The van der Waals surface area contributed by atoms with Gasteiger partial charge in [0, 0.05) is 0 Å². The third-order valence-corrected chi connectivity index (χ3v) is 10.1. The number of sulfonamides is 1. The molecule has 1 aromatic heterocycles. The van der Waals surface area contributed by atoms with Crippen LogP contribution in [0.3, 0.4) is 0 Å². The minimum absolute atomic E-state index is 0.0218. The van der Waals surface area contributed by atoms with Crippen LogP contribution in [-0.4, -0.2) is 31.8 Å². The van der Waals surface area contributed by atoms with Crippen LogP contribution in [0, 0.1) is 5.82 Å². The molecule has 4 nitrogen and oxygen atoms in total. The monoisotopic (exact) mass is 416 g/mol. The summed E-state index contributed by atoms with van der Waals surface area (Å²) in [6.07, 6.45) is 3.27. The molecule has 1 heterocycles. The molecule has 1 N–H and O–H groups in total. The Labute approximate surface area is 128 Å². The third-order valence-electron chi connectivity index (χ3n) is 2.98. The Morgan fingerprint density at radius 1 is 1.10 bits per heavy atom. The fourth-order valence-corrected chi connectivity index (χ4v) is 5.77. The molecular formula is C14H17FN2O2SSn. The maximum atomic E-state index is 12.9. The van der Waals surface area contributed by atoms with Crippen LogP contribution in [0.15, 0.2) is 47.6 Å². The molecule has 0 amide bonds. The van der Waals surface area contributed by atoms with Crippen LogP contribution < -0.4 is 8.30 Å². The summed E-state index contributed by atoms with van der Waals surface area (Å²) in [5, 5.41) is 0. The first-order chi connectivity index (χ1) is 9.68. The van der Waals surface area contributed by atoms with Crippen LogP contribution in [0.5, 0.6) is 0 Å². The van der Waals surface area contributed by atoms with Crippen molar-refractivity contribution < 1.29 is 12.8 Å². The van der Waals surface area contributed by atoms with Crippen LogP contribution >= 0.6 is 0 Å². The van der Waals surface area contributed by atoms with E-state index < -0.39 is 34.2 Å². The average Bonchev–Trinajstić information content (AvgIpc) is 2.38. The molecule has 2 rings (SSSR count). The number of nitrogens with zero attached hydrogens (tertiary/aromatic N) is 1. The number of hydrogen-bond acceptors (Lipinski definition) is 3. The summed E-state index contributed by atoms with van der Waals surface area (Å²) in [5.41, 5.74) is 0.434. The molecule has 0 bridgehead atoms.